The van der Waals surface area contributed by atoms with Gasteiger partial charge in [0.05, 0.1) is 23.7 Å². The molecular weight excluding hydrogens is 268 g/mol. The average Bonchev–Trinajstić information content (AvgIpc) is 2.49. The van der Waals surface area contributed by atoms with Gasteiger partial charge in [0.15, 0.2) is 0 Å². The molecule has 0 atom stereocenters. The Kier molecular flexibility index (Phi) is 3.42. The van der Waals surface area contributed by atoms with Gasteiger partial charge in [0.2, 0.25) is 5.91 Å². The van der Waals surface area contributed by atoms with E-state index in [0.717, 1.165) is 10.9 Å². The Bertz CT molecular complexity index is 857. The van der Waals surface area contributed by atoms with Crippen LogP contribution in [0, 0.1) is 0 Å². The van der Waals surface area contributed by atoms with Crippen LogP contribution in [-0.4, -0.2) is 20.4 Å². The highest BCUT2D eigenvalue weighted by atomic mass is 16.2. The number of anilines is 1. The fourth-order valence-electron chi connectivity index (χ4n) is 1.99. The zero-order chi connectivity index (χ0) is 14.7. The molecule has 0 saturated carbocycles. The SMILES string of the molecule is O=C(Cn1cnccc1=O)Nc1cnc2ccccc2c1. The Morgan fingerprint density at radius 2 is 2.10 bits per heavy atom. The van der Waals surface area contributed by atoms with Crippen LogP contribution in [0.25, 0.3) is 10.9 Å². The van der Waals surface area contributed by atoms with Gasteiger partial charge in [0, 0.05) is 17.6 Å². The second-order valence-corrected chi connectivity index (χ2v) is 4.51. The number of fused-ring (bicyclic) bond motifs is 1. The van der Waals surface area contributed by atoms with Crippen molar-refractivity contribution in [3.05, 3.63) is 65.5 Å². The highest BCUT2D eigenvalue weighted by Crippen LogP contribution is 2.15. The van der Waals surface area contributed by atoms with Crippen molar-refractivity contribution in [1.82, 2.24) is 14.5 Å². The summed E-state index contributed by atoms with van der Waals surface area (Å²) in [5, 5.41) is 3.66. The molecule has 0 aliphatic carbocycles. The van der Waals surface area contributed by atoms with Crippen LogP contribution in [0.3, 0.4) is 0 Å². The smallest absolute Gasteiger partial charge is 0.253 e. The lowest BCUT2D eigenvalue weighted by Gasteiger charge is -2.07. The van der Waals surface area contributed by atoms with E-state index in [1.165, 1.54) is 23.2 Å². The topological polar surface area (TPSA) is 76.9 Å². The molecule has 1 N–H and O–H groups in total. The van der Waals surface area contributed by atoms with Crippen LogP contribution in [0.1, 0.15) is 0 Å². The molecule has 21 heavy (non-hydrogen) atoms. The molecule has 2 aromatic heterocycles. The summed E-state index contributed by atoms with van der Waals surface area (Å²) in [6.07, 6.45) is 4.32. The largest absolute Gasteiger partial charge is 0.323 e. The summed E-state index contributed by atoms with van der Waals surface area (Å²) in [7, 11) is 0. The second kappa shape index (κ2) is 5.54. The van der Waals surface area contributed by atoms with Crippen molar-refractivity contribution in [2.45, 2.75) is 6.54 Å². The number of pyridine rings is 1. The average molecular weight is 280 g/mol. The van der Waals surface area contributed by atoms with Crippen LogP contribution in [-0.2, 0) is 11.3 Å². The molecule has 3 rings (SSSR count). The van der Waals surface area contributed by atoms with Crippen LogP contribution in [0.2, 0.25) is 0 Å². The van der Waals surface area contributed by atoms with E-state index in [1.54, 1.807) is 6.20 Å². The molecule has 0 fully saturated rings. The van der Waals surface area contributed by atoms with Crippen molar-refractivity contribution >= 4 is 22.5 Å². The number of para-hydroxylation sites is 1. The summed E-state index contributed by atoms with van der Waals surface area (Å²) in [6.45, 7) is -0.0838. The number of amides is 1. The molecule has 104 valence electrons. The first-order valence-electron chi connectivity index (χ1n) is 6.37. The molecule has 0 unspecified atom stereocenters. The van der Waals surface area contributed by atoms with E-state index < -0.39 is 0 Å². The second-order valence-electron chi connectivity index (χ2n) is 4.51. The number of nitrogens with zero attached hydrogens (tertiary/aromatic N) is 3. The van der Waals surface area contributed by atoms with E-state index in [1.807, 2.05) is 30.3 Å². The normalized spacial score (nSPS) is 10.5. The van der Waals surface area contributed by atoms with Crippen LogP contribution >= 0.6 is 0 Å². The summed E-state index contributed by atoms with van der Waals surface area (Å²) in [6, 6.07) is 10.8. The van der Waals surface area contributed by atoms with Crippen molar-refractivity contribution in [2.75, 3.05) is 5.32 Å². The zero-order valence-electron chi connectivity index (χ0n) is 11.1. The van der Waals surface area contributed by atoms with Gasteiger partial charge in [-0.05, 0) is 12.1 Å². The Morgan fingerprint density at radius 1 is 1.24 bits per heavy atom. The number of nitrogens with one attached hydrogen (secondary N) is 1. The number of rotatable bonds is 3. The molecule has 0 spiro atoms. The molecule has 2 heterocycles. The monoisotopic (exact) mass is 280 g/mol. The van der Waals surface area contributed by atoms with Gasteiger partial charge in [-0.15, -0.1) is 0 Å². The molecule has 0 saturated heterocycles. The Morgan fingerprint density at radius 3 is 2.95 bits per heavy atom. The first-order chi connectivity index (χ1) is 10.2. The van der Waals surface area contributed by atoms with Crippen LogP contribution in [0.5, 0.6) is 0 Å². The summed E-state index contributed by atoms with van der Waals surface area (Å²) >= 11 is 0. The summed E-state index contributed by atoms with van der Waals surface area (Å²) in [5.41, 5.74) is 1.19. The lowest BCUT2D eigenvalue weighted by molar-refractivity contribution is -0.116. The number of hydrogen-bond acceptors (Lipinski definition) is 4. The van der Waals surface area contributed by atoms with E-state index in [4.69, 9.17) is 0 Å². The molecule has 3 aromatic rings. The van der Waals surface area contributed by atoms with Gasteiger partial charge in [0.1, 0.15) is 6.54 Å². The van der Waals surface area contributed by atoms with Gasteiger partial charge >= 0.3 is 0 Å². The molecule has 0 radical (unpaired) electrons. The summed E-state index contributed by atoms with van der Waals surface area (Å²) in [5.74, 6) is -0.304. The maximum atomic E-state index is 11.9. The lowest BCUT2D eigenvalue weighted by Crippen LogP contribution is -2.27. The molecule has 0 aliphatic rings. The fourth-order valence-corrected chi connectivity index (χ4v) is 1.99. The van der Waals surface area contributed by atoms with Crippen molar-refractivity contribution in [2.24, 2.45) is 0 Å². The Balaban J connectivity index is 1.77. The number of carbonyl (C=O) groups excluding carboxylic acids is 1. The highest BCUT2D eigenvalue weighted by Gasteiger charge is 2.06. The highest BCUT2D eigenvalue weighted by molar-refractivity contribution is 5.92. The van der Waals surface area contributed by atoms with Gasteiger partial charge < -0.3 is 5.32 Å². The lowest BCUT2D eigenvalue weighted by atomic mass is 10.2. The van der Waals surface area contributed by atoms with E-state index in [-0.39, 0.29) is 18.0 Å². The fraction of sp³-hybridized carbons (Fsp3) is 0.0667. The minimum absolute atomic E-state index is 0.0838. The number of hydrogen-bond donors (Lipinski definition) is 1. The first kappa shape index (κ1) is 13.0. The number of benzene rings is 1. The van der Waals surface area contributed by atoms with Crippen LogP contribution in [0.4, 0.5) is 5.69 Å². The van der Waals surface area contributed by atoms with Crippen LogP contribution < -0.4 is 10.9 Å². The van der Waals surface area contributed by atoms with Gasteiger partial charge in [-0.1, -0.05) is 18.2 Å². The molecule has 0 bridgehead atoms. The zero-order valence-corrected chi connectivity index (χ0v) is 11.1. The Labute approximate surface area is 120 Å². The summed E-state index contributed by atoms with van der Waals surface area (Å²) < 4.78 is 1.24. The molecular formula is C15H12N4O2. The van der Waals surface area contributed by atoms with Crippen LogP contribution in [0.15, 0.2) is 59.9 Å². The number of aromatic nitrogens is 3. The molecule has 1 amide bonds. The van der Waals surface area contributed by atoms with E-state index in [0.29, 0.717) is 5.69 Å². The first-order valence-corrected chi connectivity index (χ1v) is 6.37. The molecule has 6 nitrogen and oxygen atoms in total. The predicted molar refractivity (Wildman–Crippen MR) is 78.9 cm³/mol. The minimum Gasteiger partial charge on any atom is -0.323 e. The molecule has 0 aliphatic heterocycles. The third-order valence-corrected chi connectivity index (χ3v) is 2.98. The maximum absolute atomic E-state index is 11.9. The third kappa shape index (κ3) is 2.94. The maximum Gasteiger partial charge on any atom is 0.253 e. The molecule has 6 heteroatoms. The minimum atomic E-state index is -0.304. The third-order valence-electron chi connectivity index (χ3n) is 2.98. The van der Waals surface area contributed by atoms with E-state index in [2.05, 4.69) is 15.3 Å². The molecule has 1 aromatic carbocycles. The van der Waals surface area contributed by atoms with E-state index in [9.17, 15) is 9.59 Å². The quantitative estimate of drug-likeness (QED) is 0.787. The number of carbonyl (C=O) groups is 1. The van der Waals surface area contributed by atoms with Crippen molar-refractivity contribution in [3.63, 3.8) is 0 Å². The van der Waals surface area contributed by atoms with Crippen molar-refractivity contribution in [1.29, 1.82) is 0 Å². The van der Waals surface area contributed by atoms with Crippen molar-refractivity contribution < 1.29 is 4.79 Å². The standard InChI is InChI=1S/C15H12N4O2/c20-14(9-19-10-16-6-5-15(19)21)18-12-7-11-3-1-2-4-13(11)17-8-12/h1-8,10H,9H2,(H,18,20). The predicted octanol–water partition coefficient (Wildman–Crippen LogP) is 1.43. The van der Waals surface area contributed by atoms with Gasteiger partial charge in [-0.3, -0.25) is 19.1 Å². The van der Waals surface area contributed by atoms with Crippen molar-refractivity contribution in [3.8, 4) is 0 Å². The Hall–Kier alpha value is -3.02. The van der Waals surface area contributed by atoms with Gasteiger partial charge in [-0.2, -0.15) is 0 Å². The van der Waals surface area contributed by atoms with Gasteiger partial charge in [-0.25, -0.2) is 4.98 Å². The van der Waals surface area contributed by atoms with Gasteiger partial charge in [0.25, 0.3) is 5.56 Å². The van der Waals surface area contributed by atoms with E-state index >= 15 is 0 Å². The summed E-state index contributed by atoms with van der Waals surface area (Å²) in [4.78, 5) is 31.5.